The lowest BCUT2D eigenvalue weighted by molar-refractivity contribution is -0.136. The van der Waals surface area contributed by atoms with Gasteiger partial charge in [-0.3, -0.25) is 4.79 Å². The highest BCUT2D eigenvalue weighted by Gasteiger charge is 2.34. The van der Waals surface area contributed by atoms with E-state index in [9.17, 15) is 18.0 Å². The third kappa shape index (κ3) is 4.07. The molecule has 5 rings (SSSR count). The van der Waals surface area contributed by atoms with Crippen LogP contribution in [-0.2, 0) is 17.5 Å². The van der Waals surface area contributed by atoms with E-state index >= 15 is 0 Å². The Bertz CT molecular complexity index is 1220. The number of amides is 1. The van der Waals surface area contributed by atoms with E-state index in [4.69, 9.17) is 18.9 Å². The number of alkyl halides is 3. The highest BCUT2D eigenvalue weighted by Crippen LogP contribution is 2.42. The molecule has 0 aliphatic carbocycles. The molecule has 2 aliphatic rings. The predicted molar refractivity (Wildman–Crippen MR) is 108 cm³/mol. The summed E-state index contributed by atoms with van der Waals surface area (Å²) in [5.41, 5.74) is 0.0864. The molecular formula is C21H15F3N2O5S. The van der Waals surface area contributed by atoms with Crippen LogP contribution in [0.1, 0.15) is 11.1 Å². The van der Waals surface area contributed by atoms with Crippen LogP contribution in [0, 0.1) is 0 Å². The summed E-state index contributed by atoms with van der Waals surface area (Å²) in [4.78, 5) is 16.5. The number of ether oxygens (including phenoxy) is 4. The number of hydrogen-bond donors (Lipinski definition) is 1. The minimum absolute atomic E-state index is 0.0574. The van der Waals surface area contributed by atoms with E-state index in [2.05, 4.69) is 10.3 Å². The van der Waals surface area contributed by atoms with Crippen molar-refractivity contribution in [2.24, 2.45) is 0 Å². The molecule has 2 aromatic carbocycles. The molecule has 1 N–H and O–H groups in total. The van der Waals surface area contributed by atoms with Gasteiger partial charge in [0, 0.05) is 18.0 Å². The van der Waals surface area contributed by atoms with Crippen LogP contribution < -0.4 is 24.3 Å². The van der Waals surface area contributed by atoms with Crippen LogP contribution in [0.15, 0.2) is 41.4 Å². The Hall–Kier alpha value is -3.34. The molecule has 2 aliphatic heterocycles. The Morgan fingerprint density at radius 2 is 1.66 bits per heavy atom. The van der Waals surface area contributed by atoms with E-state index in [0.717, 1.165) is 23.4 Å². The number of pyridine rings is 1. The van der Waals surface area contributed by atoms with Gasteiger partial charge in [-0.2, -0.15) is 13.2 Å². The number of fused-ring (bicyclic) bond motifs is 3. The highest BCUT2D eigenvalue weighted by molar-refractivity contribution is 7.99. The fraction of sp³-hybridized carbons (Fsp3) is 0.238. The molecular weight excluding hydrogens is 449 g/mol. The predicted octanol–water partition coefficient (Wildman–Crippen LogP) is 4.12. The molecule has 166 valence electrons. The van der Waals surface area contributed by atoms with Crippen LogP contribution in [0.3, 0.4) is 0 Å². The molecule has 32 heavy (non-hydrogen) atoms. The molecule has 0 fully saturated rings. The Labute approximate surface area is 183 Å². The average Bonchev–Trinajstić information content (AvgIpc) is 3.41. The van der Waals surface area contributed by atoms with E-state index < -0.39 is 11.7 Å². The Morgan fingerprint density at radius 1 is 0.969 bits per heavy atom. The van der Waals surface area contributed by atoms with Gasteiger partial charge in [-0.25, -0.2) is 4.98 Å². The minimum atomic E-state index is -4.59. The summed E-state index contributed by atoms with van der Waals surface area (Å²) < 4.78 is 61.9. The second-order valence-electron chi connectivity index (χ2n) is 6.98. The molecule has 0 saturated carbocycles. The number of carbonyl (C=O) groups is 1. The van der Waals surface area contributed by atoms with Crippen LogP contribution in [0.2, 0.25) is 0 Å². The summed E-state index contributed by atoms with van der Waals surface area (Å²) in [6, 6.07) is 8.95. The number of benzene rings is 2. The van der Waals surface area contributed by atoms with E-state index in [1.807, 2.05) is 0 Å². The van der Waals surface area contributed by atoms with E-state index in [1.54, 1.807) is 18.2 Å². The second-order valence-corrected chi connectivity index (χ2v) is 7.98. The van der Waals surface area contributed by atoms with Gasteiger partial charge in [-0.1, -0.05) is 17.8 Å². The Balaban J connectivity index is 1.29. The maximum absolute atomic E-state index is 13.6. The first kappa shape index (κ1) is 20.6. The number of hydrogen-bond acceptors (Lipinski definition) is 7. The number of nitrogens with zero attached hydrogens (tertiary/aromatic N) is 1. The second kappa shape index (κ2) is 7.97. The zero-order valence-electron chi connectivity index (χ0n) is 16.3. The smallest absolute Gasteiger partial charge is 0.417 e. The van der Waals surface area contributed by atoms with Crippen molar-refractivity contribution < 1.29 is 36.9 Å². The van der Waals surface area contributed by atoms with Gasteiger partial charge < -0.3 is 24.3 Å². The van der Waals surface area contributed by atoms with Crippen molar-refractivity contribution in [1.82, 2.24) is 10.3 Å². The first-order chi connectivity index (χ1) is 15.4. The SMILES string of the molecule is O=C(CSc1cc(C(F)(F)F)c2cc3c(cc2n1)OCO3)NCc1ccc2c(c1)OCO2. The molecule has 1 amide bonds. The van der Waals surface area contributed by atoms with Crippen molar-refractivity contribution in [2.75, 3.05) is 19.3 Å². The van der Waals surface area contributed by atoms with Gasteiger partial charge in [0.25, 0.3) is 0 Å². The third-order valence-electron chi connectivity index (χ3n) is 4.86. The van der Waals surface area contributed by atoms with Crippen LogP contribution >= 0.6 is 11.8 Å². The summed E-state index contributed by atoms with van der Waals surface area (Å²) in [6.07, 6.45) is -4.59. The van der Waals surface area contributed by atoms with E-state index in [0.29, 0.717) is 17.2 Å². The van der Waals surface area contributed by atoms with Gasteiger partial charge in [0.05, 0.1) is 21.9 Å². The van der Waals surface area contributed by atoms with Crippen molar-refractivity contribution in [2.45, 2.75) is 17.7 Å². The summed E-state index contributed by atoms with van der Waals surface area (Å²) in [7, 11) is 0. The van der Waals surface area contributed by atoms with Crippen LogP contribution in [0.25, 0.3) is 10.9 Å². The van der Waals surface area contributed by atoms with Crippen molar-refractivity contribution >= 4 is 28.6 Å². The van der Waals surface area contributed by atoms with Crippen LogP contribution in [0.4, 0.5) is 13.2 Å². The quantitative estimate of drug-likeness (QED) is 0.569. The van der Waals surface area contributed by atoms with Gasteiger partial charge in [0.15, 0.2) is 23.0 Å². The highest BCUT2D eigenvalue weighted by atomic mass is 32.2. The Kier molecular flexibility index (Phi) is 5.12. The zero-order valence-corrected chi connectivity index (χ0v) is 17.1. The van der Waals surface area contributed by atoms with Crippen LogP contribution in [-0.4, -0.2) is 30.2 Å². The molecule has 0 saturated heterocycles. The number of halogens is 3. The fourth-order valence-corrected chi connectivity index (χ4v) is 4.09. The van der Waals surface area contributed by atoms with Gasteiger partial charge in [0.2, 0.25) is 19.5 Å². The molecule has 11 heteroatoms. The number of carbonyl (C=O) groups excluding carboxylic acids is 1. The summed E-state index contributed by atoms with van der Waals surface area (Å²) in [5, 5.41) is 2.73. The van der Waals surface area contributed by atoms with E-state index in [1.165, 1.54) is 12.1 Å². The van der Waals surface area contributed by atoms with Crippen LogP contribution in [0.5, 0.6) is 23.0 Å². The normalized spacial score (nSPS) is 14.1. The van der Waals surface area contributed by atoms with Gasteiger partial charge in [0.1, 0.15) is 0 Å². The minimum Gasteiger partial charge on any atom is -0.454 e. The lowest BCUT2D eigenvalue weighted by Crippen LogP contribution is -2.24. The molecule has 0 atom stereocenters. The lowest BCUT2D eigenvalue weighted by Gasteiger charge is -2.13. The Morgan fingerprint density at radius 3 is 2.41 bits per heavy atom. The maximum atomic E-state index is 13.6. The summed E-state index contributed by atoms with van der Waals surface area (Å²) >= 11 is 0.922. The lowest BCUT2D eigenvalue weighted by atomic mass is 10.1. The number of thioether (sulfide) groups is 1. The fourth-order valence-electron chi connectivity index (χ4n) is 3.34. The molecule has 1 aromatic heterocycles. The number of aromatic nitrogens is 1. The largest absolute Gasteiger partial charge is 0.454 e. The average molecular weight is 464 g/mol. The topological polar surface area (TPSA) is 78.9 Å². The third-order valence-corrected chi connectivity index (χ3v) is 5.77. The van der Waals surface area contributed by atoms with Gasteiger partial charge >= 0.3 is 6.18 Å². The summed E-state index contributed by atoms with van der Waals surface area (Å²) in [6.45, 7) is 0.346. The first-order valence-corrected chi connectivity index (χ1v) is 10.4. The molecule has 7 nitrogen and oxygen atoms in total. The van der Waals surface area contributed by atoms with Crippen molar-refractivity contribution in [3.8, 4) is 23.0 Å². The molecule has 0 spiro atoms. The van der Waals surface area contributed by atoms with Gasteiger partial charge in [-0.15, -0.1) is 0 Å². The van der Waals surface area contributed by atoms with E-state index in [-0.39, 0.29) is 53.5 Å². The summed E-state index contributed by atoms with van der Waals surface area (Å²) in [5.74, 6) is 1.39. The van der Waals surface area contributed by atoms with Crippen molar-refractivity contribution in [1.29, 1.82) is 0 Å². The van der Waals surface area contributed by atoms with Gasteiger partial charge in [-0.05, 0) is 29.8 Å². The first-order valence-electron chi connectivity index (χ1n) is 9.46. The molecule has 0 bridgehead atoms. The molecule has 0 radical (unpaired) electrons. The molecule has 0 unspecified atom stereocenters. The van der Waals surface area contributed by atoms with Crippen molar-refractivity contribution in [3.05, 3.63) is 47.5 Å². The molecule has 3 aromatic rings. The van der Waals surface area contributed by atoms with Crippen molar-refractivity contribution in [3.63, 3.8) is 0 Å². The maximum Gasteiger partial charge on any atom is 0.417 e. The number of nitrogens with one attached hydrogen (secondary N) is 1. The monoisotopic (exact) mass is 464 g/mol. The standard InChI is InChI=1S/C21H15F3N2O5S/c22-21(23,24)13-5-20(26-14-6-18-17(4-12(13)14)30-10-31-18)32-8-19(27)25-7-11-1-2-15-16(3-11)29-9-28-15/h1-6H,7-10H2,(H,25,27). The molecule has 3 heterocycles. The number of rotatable bonds is 5. The zero-order chi connectivity index (χ0) is 22.3.